The number of halogens is 1. The minimum absolute atomic E-state index is 0.773. The molecular formula is C16H23Br. The van der Waals surface area contributed by atoms with Gasteiger partial charge in [-0.15, -0.1) is 0 Å². The van der Waals surface area contributed by atoms with Crippen molar-refractivity contribution in [2.75, 3.05) is 0 Å². The van der Waals surface area contributed by atoms with E-state index >= 15 is 0 Å². The Labute approximate surface area is 114 Å². The summed E-state index contributed by atoms with van der Waals surface area (Å²) in [7, 11) is 0. The highest BCUT2D eigenvalue weighted by molar-refractivity contribution is 9.09. The molecule has 0 aromatic heterocycles. The van der Waals surface area contributed by atoms with Crippen LogP contribution in [0.4, 0.5) is 0 Å². The Bertz CT molecular complexity index is 320. The molecule has 1 aromatic rings. The van der Waals surface area contributed by atoms with Gasteiger partial charge in [-0.1, -0.05) is 53.2 Å². The van der Waals surface area contributed by atoms with Gasteiger partial charge < -0.3 is 0 Å². The molecule has 1 fully saturated rings. The Hall–Kier alpha value is -0.300. The fraction of sp³-hybridized carbons (Fsp3) is 0.625. The number of hydrogen-bond donors (Lipinski definition) is 0. The molecule has 1 heteroatoms. The predicted octanol–water partition coefficient (Wildman–Crippen LogP) is 5.21. The maximum atomic E-state index is 3.87. The molecule has 0 radical (unpaired) electrons. The van der Waals surface area contributed by atoms with Gasteiger partial charge in [-0.2, -0.15) is 0 Å². The van der Waals surface area contributed by atoms with Crippen LogP contribution in [0.5, 0.6) is 0 Å². The summed E-state index contributed by atoms with van der Waals surface area (Å²) < 4.78 is 0. The molecule has 0 nitrogen and oxygen atoms in total. The van der Waals surface area contributed by atoms with Gasteiger partial charge in [0.15, 0.2) is 0 Å². The molecule has 0 heterocycles. The van der Waals surface area contributed by atoms with Gasteiger partial charge in [-0.3, -0.25) is 0 Å². The van der Waals surface area contributed by atoms with Gasteiger partial charge in [0.05, 0.1) is 0 Å². The Kier molecular flexibility index (Phi) is 5.09. The van der Waals surface area contributed by atoms with Crippen LogP contribution in [0, 0.1) is 11.8 Å². The molecule has 0 amide bonds. The van der Waals surface area contributed by atoms with Crippen LogP contribution in [0.3, 0.4) is 0 Å². The molecule has 2 rings (SSSR count). The van der Waals surface area contributed by atoms with Crippen molar-refractivity contribution in [1.29, 1.82) is 0 Å². The normalized spacial score (nSPS) is 29.2. The zero-order chi connectivity index (χ0) is 12.1. The molecule has 1 aromatic carbocycles. The molecule has 0 N–H and O–H groups in total. The highest BCUT2D eigenvalue weighted by Gasteiger charge is 2.25. The van der Waals surface area contributed by atoms with E-state index in [1.165, 1.54) is 44.1 Å². The summed E-state index contributed by atoms with van der Waals surface area (Å²) >= 11 is 3.87. The SMILES string of the molecule is CC1CCC(Br)C(CCCc2ccccc2)C1. The van der Waals surface area contributed by atoms with Crippen LogP contribution in [0.2, 0.25) is 0 Å². The molecule has 94 valence electrons. The average Bonchev–Trinajstić information content (AvgIpc) is 2.35. The number of hydrogen-bond acceptors (Lipinski definition) is 0. The van der Waals surface area contributed by atoms with Gasteiger partial charge in [-0.05, 0) is 55.9 Å². The summed E-state index contributed by atoms with van der Waals surface area (Å²) in [6, 6.07) is 10.9. The molecule has 1 aliphatic rings. The maximum Gasteiger partial charge on any atom is 0.0174 e. The first-order chi connectivity index (χ1) is 8.25. The summed E-state index contributed by atoms with van der Waals surface area (Å²) in [6.07, 6.45) is 8.16. The number of benzene rings is 1. The van der Waals surface area contributed by atoms with Crippen molar-refractivity contribution < 1.29 is 0 Å². The van der Waals surface area contributed by atoms with Crippen molar-refractivity contribution in [1.82, 2.24) is 0 Å². The molecule has 0 aliphatic heterocycles. The summed E-state index contributed by atoms with van der Waals surface area (Å²) in [5.74, 6) is 1.84. The third-order valence-corrected chi connectivity index (χ3v) is 5.24. The predicted molar refractivity (Wildman–Crippen MR) is 78.6 cm³/mol. The van der Waals surface area contributed by atoms with Crippen LogP contribution >= 0.6 is 15.9 Å². The van der Waals surface area contributed by atoms with E-state index in [2.05, 4.69) is 53.2 Å². The lowest BCUT2D eigenvalue weighted by atomic mass is 9.80. The zero-order valence-electron chi connectivity index (χ0n) is 10.7. The molecule has 1 saturated carbocycles. The molecule has 0 saturated heterocycles. The average molecular weight is 295 g/mol. The van der Waals surface area contributed by atoms with E-state index in [4.69, 9.17) is 0 Å². The van der Waals surface area contributed by atoms with Crippen LogP contribution in [0.15, 0.2) is 30.3 Å². The molecule has 1 aliphatic carbocycles. The fourth-order valence-corrected chi connectivity index (χ4v) is 3.72. The first kappa shape index (κ1) is 13.1. The largest absolute Gasteiger partial charge is 0.0888 e. The van der Waals surface area contributed by atoms with Crippen LogP contribution < -0.4 is 0 Å². The van der Waals surface area contributed by atoms with Gasteiger partial charge in [0.2, 0.25) is 0 Å². The quantitative estimate of drug-likeness (QED) is 0.669. The number of rotatable bonds is 4. The maximum absolute atomic E-state index is 3.87. The number of aryl methyl sites for hydroxylation is 1. The molecule has 0 bridgehead atoms. The Morgan fingerprint density at radius 3 is 2.71 bits per heavy atom. The van der Waals surface area contributed by atoms with Crippen molar-refractivity contribution in [3.05, 3.63) is 35.9 Å². The van der Waals surface area contributed by atoms with Crippen molar-refractivity contribution in [3.8, 4) is 0 Å². The summed E-state index contributed by atoms with van der Waals surface area (Å²) in [4.78, 5) is 0.773. The van der Waals surface area contributed by atoms with Crippen molar-refractivity contribution in [3.63, 3.8) is 0 Å². The summed E-state index contributed by atoms with van der Waals surface area (Å²) in [6.45, 7) is 2.41. The number of alkyl halides is 1. The standard InChI is InChI=1S/C16H23Br/c1-13-10-11-16(17)15(12-13)9-5-8-14-6-3-2-4-7-14/h2-4,6-7,13,15-16H,5,8-12H2,1H3. The van der Waals surface area contributed by atoms with Gasteiger partial charge in [0.25, 0.3) is 0 Å². The third-order valence-electron chi connectivity index (χ3n) is 4.04. The summed E-state index contributed by atoms with van der Waals surface area (Å²) in [5, 5.41) is 0. The first-order valence-corrected chi connectivity index (χ1v) is 7.85. The van der Waals surface area contributed by atoms with E-state index < -0.39 is 0 Å². The molecule has 3 atom stereocenters. The second kappa shape index (κ2) is 6.58. The summed E-state index contributed by atoms with van der Waals surface area (Å²) in [5.41, 5.74) is 1.49. The van der Waals surface area contributed by atoms with Crippen LogP contribution in [-0.2, 0) is 6.42 Å². The van der Waals surface area contributed by atoms with Gasteiger partial charge in [-0.25, -0.2) is 0 Å². The van der Waals surface area contributed by atoms with E-state index in [1.807, 2.05) is 0 Å². The van der Waals surface area contributed by atoms with Crippen LogP contribution in [0.1, 0.15) is 44.6 Å². The Balaban J connectivity index is 1.74. The molecule has 17 heavy (non-hydrogen) atoms. The highest BCUT2D eigenvalue weighted by atomic mass is 79.9. The monoisotopic (exact) mass is 294 g/mol. The van der Waals surface area contributed by atoms with E-state index in [-0.39, 0.29) is 0 Å². The van der Waals surface area contributed by atoms with E-state index in [9.17, 15) is 0 Å². The fourth-order valence-electron chi connectivity index (χ4n) is 2.97. The Morgan fingerprint density at radius 1 is 1.18 bits per heavy atom. The topological polar surface area (TPSA) is 0 Å². The van der Waals surface area contributed by atoms with Crippen molar-refractivity contribution in [2.45, 2.75) is 50.3 Å². The second-order valence-corrected chi connectivity index (χ2v) is 6.75. The molecule has 3 unspecified atom stereocenters. The lowest BCUT2D eigenvalue weighted by Gasteiger charge is -2.31. The highest BCUT2D eigenvalue weighted by Crippen LogP contribution is 2.36. The second-order valence-electron chi connectivity index (χ2n) is 5.57. The van der Waals surface area contributed by atoms with E-state index in [0.29, 0.717) is 0 Å². The molecule has 0 spiro atoms. The zero-order valence-corrected chi connectivity index (χ0v) is 12.3. The van der Waals surface area contributed by atoms with Crippen molar-refractivity contribution >= 4 is 15.9 Å². The van der Waals surface area contributed by atoms with Gasteiger partial charge in [0, 0.05) is 4.83 Å². The van der Waals surface area contributed by atoms with E-state index in [0.717, 1.165) is 16.7 Å². The van der Waals surface area contributed by atoms with Gasteiger partial charge in [0.1, 0.15) is 0 Å². The smallest absolute Gasteiger partial charge is 0.0174 e. The van der Waals surface area contributed by atoms with Crippen molar-refractivity contribution in [2.24, 2.45) is 11.8 Å². The van der Waals surface area contributed by atoms with Crippen LogP contribution in [-0.4, -0.2) is 4.83 Å². The minimum atomic E-state index is 0.773. The lowest BCUT2D eigenvalue weighted by molar-refractivity contribution is 0.278. The lowest BCUT2D eigenvalue weighted by Crippen LogP contribution is -2.23. The Morgan fingerprint density at radius 2 is 1.94 bits per heavy atom. The minimum Gasteiger partial charge on any atom is -0.0888 e. The van der Waals surface area contributed by atoms with E-state index in [1.54, 1.807) is 0 Å². The first-order valence-electron chi connectivity index (χ1n) is 6.93. The molecular weight excluding hydrogens is 272 g/mol. The third kappa shape index (κ3) is 4.13. The van der Waals surface area contributed by atoms with Gasteiger partial charge >= 0.3 is 0 Å². The van der Waals surface area contributed by atoms with Crippen LogP contribution in [0.25, 0.3) is 0 Å².